The third kappa shape index (κ3) is 4.85. The van der Waals surface area contributed by atoms with Gasteiger partial charge in [0.1, 0.15) is 11.6 Å². The highest BCUT2D eigenvalue weighted by molar-refractivity contribution is 6.02. The largest absolute Gasteiger partial charge is 0.339 e. The van der Waals surface area contributed by atoms with Gasteiger partial charge in [-0.3, -0.25) is 9.59 Å². The molecular formula is C19H15F2N5O2. The number of carbonyl (C=O) groups excluding carboxylic acids is 2. The van der Waals surface area contributed by atoms with Crippen LogP contribution in [-0.2, 0) is 4.79 Å². The zero-order valence-corrected chi connectivity index (χ0v) is 14.7. The Bertz CT molecular complexity index is 1010. The number of benzene rings is 2. The van der Waals surface area contributed by atoms with E-state index in [0.717, 1.165) is 12.1 Å². The average Bonchev–Trinajstić information content (AvgIpc) is 2.66. The monoisotopic (exact) mass is 383 g/mol. The fourth-order valence-corrected chi connectivity index (χ4v) is 2.29. The minimum absolute atomic E-state index is 0.0321. The van der Waals surface area contributed by atoms with E-state index in [1.165, 1.54) is 19.1 Å². The predicted molar refractivity (Wildman–Crippen MR) is 100 cm³/mol. The van der Waals surface area contributed by atoms with E-state index in [4.69, 9.17) is 0 Å². The van der Waals surface area contributed by atoms with Gasteiger partial charge in [-0.25, -0.2) is 8.78 Å². The summed E-state index contributed by atoms with van der Waals surface area (Å²) >= 11 is 0. The summed E-state index contributed by atoms with van der Waals surface area (Å²) in [6, 6.07) is 12.7. The van der Waals surface area contributed by atoms with Gasteiger partial charge in [0.05, 0.1) is 5.69 Å². The van der Waals surface area contributed by atoms with Gasteiger partial charge in [-0.15, -0.1) is 10.2 Å². The molecule has 0 radical (unpaired) electrons. The van der Waals surface area contributed by atoms with Gasteiger partial charge < -0.3 is 16.0 Å². The number of carbonyl (C=O) groups is 2. The lowest BCUT2D eigenvalue weighted by Gasteiger charge is -2.08. The van der Waals surface area contributed by atoms with E-state index in [1.807, 2.05) is 0 Å². The second-order valence-corrected chi connectivity index (χ2v) is 5.77. The van der Waals surface area contributed by atoms with Crippen molar-refractivity contribution in [1.82, 2.24) is 10.2 Å². The van der Waals surface area contributed by atoms with E-state index in [0.29, 0.717) is 23.3 Å². The highest BCUT2D eigenvalue weighted by Gasteiger charge is 2.12. The molecule has 0 aliphatic heterocycles. The number of hydrogen-bond acceptors (Lipinski definition) is 5. The van der Waals surface area contributed by atoms with Crippen molar-refractivity contribution in [2.75, 3.05) is 16.0 Å². The molecule has 7 nitrogen and oxygen atoms in total. The molecule has 2 aromatic carbocycles. The second-order valence-electron chi connectivity index (χ2n) is 5.77. The van der Waals surface area contributed by atoms with Gasteiger partial charge in [-0.05, 0) is 48.5 Å². The third-order valence-corrected chi connectivity index (χ3v) is 3.55. The minimum atomic E-state index is -0.887. The summed E-state index contributed by atoms with van der Waals surface area (Å²) in [5.74, 6) is -2.08. The van der Waals surface area contributed by atoms with Crippen molar-refractivity contribution in [3.63, 3.8) is 0 Å². The van der Waals surface area contributed by atoms with E-state index in [9.17, 15) is 18.4 Å². The Labute approximate surface area is 158 Å². The number of rotatable bonds is 5. The van der Waals surface area contributed by atoms with E-state index < -0.39 is 17.5 Å². The van der Waals surface area contributed by atoms with Crippen LogP contribution in [0.2, 0.25) is 0 Å². The second kappa shape index (κ2) is 8.21. The average molecular weight is 383 g/mol. The van der Waals surface area contributed by atoms with Crippen molar-refractivity contribution in [2.24, 2.45) is 0 Å². The van der Waals surface area contributed by atoms with Crippen LogP contribution in [0, 0.1) is 11.6 Å². The Balaban J connectivity index is 1.64. The first-order chi connectivity index (χ1) is 13.4. The molecule has 0 fully saturated rings. The molecule has 9 heteroatoms. The van der Waals surface area contributed by atoms with Crippen molar-refractivity contribution < 1.29 is 18.4 Å². The van der Waals surface area contributed by atoms with Gasteiger partial charge in [0, 0.05) is 24.4 Å². The number of nitrogens with one attached hydrogen (secondary N) is 3. The fourth-order valence-electron chi connectivity index (χ4n) is 2.29. The Morgan fingerprint density at radius 1 is 0.857 bits per heavy atom. The molecule has 28 heavy (non-hydrogen) atoms. The molecule has 3 rings (SSSR count). The molecular weight excluding hydrogens is 368 g/mol. The van der Waals surface area contributed by atoms with E-state index >= 15 is 0 Å². The molecule has 0 bridgehead atoms. The molecule has 3 aromatic rings. The van der Waals surface area contributed by atoms with E-state index in [2.05, 4.69) is 26.1 Å². The van der Waals surface area contributed by atoms with Crippen molar-refractivity contribution in [2.45, 2.75) is 6.92 Å². The summed E-state index contributed by atoms with van der Waals surface area (Å²) in [4.78, 5) is 23.1. The number of aromatic nitrogens is 2. The summed E-state index contributed by atoms with van der Waals surface area (Å²) in [5, 5.41) is 15.7. The molecule has 1 heterocycles. The normalized spacial score (nSPS) is 10.2. The predicted octanol–water partition coefficient (Wildman–Crippen LogP) is 3.71. The first-order valence-electron chi connectivity index (χ1n) is 8.15. The SMILES string of the molecule is CC(=O)Nc1ccc(Nc2ccc(C(=O)Nc3ccc(F)cc3F)nn2)cc1. The van der Waals surface area contributed by atoms with Crippen LogP contribution in [0.15, 0.2) is 54.6 Å². The van der Waals surface area contributed by atoms with Crippen molar-refractivity contribution in [3.8, 4) is 0 Å². The van der Waals surface area contributed by atoms with Crippen LogP contribution >= 0.6 is 0 Å². The molecule has 3 N–H and O–H groups in total. The summed E-state index contributed by atoms with van der Waals surface area (Å²) in [6.07, 6.45) is 0. The molecule has 0 spiro atoms. The standard InChI is InChI=1S/C19H15F2N5O2/c1-11(27)22-13-3-5-14(6-4-13)23-18-9-8-17(25-26-18)19(28)24-16-7-2-12(20)10-15(16)21/h2-10H,1H3,(H,22,27)(H,23,26)(H,24,28). The smallest absolute Gasteiger partial charge is 0.276 e. The van der Waals surface area contributed by atoms with E-state index in [-0.39, 0.29) is 17.3 Å². The Morgan fingerprint density at radius 3 is 2.18 bits per heavy atom. The molecule has 0 aliphatic carbocycles. The molecule has 0 atom stereocenters. The van der Waals surface area contributed by atoms with Gasteiger partial charge in [0.2, 0.25) is 5.91 Å². The van der Waals surface area contributed by atoms with Crippen molar-refractivity contribution >= 4 is 34.7 Å². The van der Waals surface area contributed by atoms with Crippen LogP contribution in [0.3, 0.4) is 0 Å². The first kappa shape index (κ1) is 18.9. The van der Waals surface area contributed by atoms with Crippen LogP contribution < -0.4 is 16.0 Å². The molecule has 0 saturated heterocycles. The van der Waals surface area contributed by atoms with Gasteiger partial charge in [0.25, 0.3) is 5.91 Å². The Kier molecular flexibility index (Phi) is 5.54. The van der Waals surface area contributed by atoms with Crippen molar-refractivity contribution in [1.29, 1.82) is 0 Å². The Morgan fingerprint density at radius 2 is 1.57 bits per heavy atom. The minimum Gasteiger partial charge on any atom is -0.339 e. The number of nitrogens with zero attached hydrogens (tertiary/aromatic N) is 2. The molecule has 0 saturated carbocycles. The van der Waals surface area contributed by atoms with Crippen LogP contribution in [0.25, 0.3) is 0 Å². The maximum absolute atomic E-state index is 13.6. The number of amides is 2. The van der Waals surface area contributed by atoms with Gasteiger partial charge in [0.15, 0.2) is 11.5 Å². The lowest BCUT2D eigenvalue weighted by molar-refractivity contribution is -0.114. The number of hydrogen-bond donors (Lipinski definition) is 3. The molecule has 2 amide bonds. The lowest BCUT2D eigenvalue weighted by Crippen LogP contribution is -2.15. The molecule has 1 aromatic heterocycles. The van der Waals surface area contributed by atoms with Gasteiger partial charge in [-0.2, -0.15) is 0 Å². The number of halogens is 2. The topological polar surface area (TPSA) is 96.0 Å². The van der Waals surface area contributed by atoms with E-state index in [1.54, 1.807) is 24.3 Å². The summed E-state index contributed by atoms with van der Waals surface area (Å²) in [7, 11) is 0. The fraction of sp³-hybridized carbons (Fsp3) is 0.0526. The van der Waals surface area contributed by atoms with Crippen LogP contribution in [0.5, 0.6) is 0 Å². The quantitative estimate of drug-likeness (QED) is 0.624. The maximum Gasteiger partial charge on any atom is 0.276 e. The van der Waals surface area contributed by atoms with Crippen LogP contribution in [0.4, 0.5) is 31.7 Å². The van der Waals surface area contributed by atoms with Crippen LogP contribution in [0.1, 0.15) is 17.4 Å². The van der Waals surface area contributed by atoms with Gasteiger partial charge >= 0.3 is 0 Å². The molecule has 0 aliphatic rings. The highest BCUT2D eigenvalue weighted by Crippen LogP contribution is 2.18. The van der Waals surface area contributed by atoms with Crippen molar-refractivity contribution in [3.05, 3.63) is 71.9 Å². The summed E-state index contributed by atoms with van der Waals surface area (Å²) < 4.78 is 26.5. The third-order valence-electron chi connectivity index (χ3n) is 3.55. The zero-order valence-electron chi connectivity index (χ0n) is 14.7. The van der Waals surface area contributed by atoms with Crippen LogP contribution in [-0.4, -0.2) is 22.0 Å². The Hall–Kier alpha value is -3.88. The van der Waals surface area contributed by atoms with Gasteiger partial charge in [-0.1, -0.05) is 0 Å². The summed E-state index contributed by atoms with van der Waals surface area (Å²) in [6.45, 7) is 1.42. The zero-order chi connectivity index (χ0) is 20.1. The highest BCUT2D eigenvalue weighted by atomic mass is 19.1. The summed E-state index contributed by atoms with van der Waals surface area (Å²) in [5.41, 5.74) is 1.17. The lowest BCUT2D eigenvalue weighted by atomic mass is 10.2. The maximum atomic E-state index is 13.6. The first-order valence-corrected chi connectivity index (χ1v) is 8.15. The molecule has 0 unspecified atom stereocenters. The molecule has 142 valence electrons. The number of anilines is 4.